The first-order valence-corrected chi connectivity index (χ1v) is 14.1. The number of fused-ring (bicyclic) bond motifs is 1. The molecular weight excluding hydrogens is 501 g/mol. The molecule has 1 amide bonds. The average Bonchev–Trinajstić information content (AvgIpc) is 3.23. The normalized spacial score (nSPS) is 12.1. The molecule has 0 aliphatic heterocycles. The van der Waals surface area contributed by atoms with Crippen LogP contribution in [0.25, 0.3) is 10.9 Å². The van der Waals surface area contributed by atoms with Crippen LogP contribution in [0.15, 0.2) is 77.8 Å². The Kier molecular flexibility index (Phi) is 8.79. The first kappa shape index (κ1) is 27.3. The fourth-order valence-corrected chi connectivity index (χ4v) is 5.81. The zero-order chi connectivity index (χ0) is 27.1. The lowest BCUT2D eigenvalue weighted by Gasteiger charge is -2.17. The second kappa shape index (κ2) is 12.2. The highest BCUT2D eigenvalue weighted by Gasteiger charge is 2.28. The van der Waals surface area contributed by atoms with Crippen LogP contribution in [0.2, 0.25) is 0 Å². The number of aliphatic imine (C=N–C) groups is 1. The number of hydrogen-bond acceptors (Lipinski definition) is 6. The molecule has 0 radical (unpaired) electrons. The Morgan fingerprint density at radius 3 is 2.32 bits per heavy atom. The lowest BCUT2D eigenvalue weighted by molar-refractivity contribution is -0.118. The van der Waals surface area contributed by atoms with E-state index in [1.807, 2.05) is 54.6 Å². The van der Waals surface area contributed by atoms with Gasteiger partial charge >= 0.3 is 7.60 Å². The largest absolute Gasteiger partial charge is 0.494 e. The lowest BCUT2D eigenvalue weighted by atomic mass is 10.0. The summed E-state index contributed by atoms with van der Waals surface area (Å²) in [6.07, 6.45) is 0.709. The number of aromatic amines is 1. The number of H-pyrrole nitrogens is 1. The number of hydrogen-bond donors (Lipinski definition) is 3. The number of nitrogens with zero attached hydrogens (tertiary/aromatic N) is 1. The Bertz CT molecular complexity index is 1470. The van der Waals surface area contributed by atoms with Crippen molar-refractivity contribution in [3.8, 4) is 5.88 Å². The molecule has 3 N–H and O–H groups in total. The highest BCUT2D eigenvalue weighted by atomic mass is 31.2. The second-order valence-electron chi connectivity index (χ2n) is 8.64. The second-order valence-corrected chi connectivity index (χ2v) is 10.7. The Labute approximate surface area is 222 Å². The minimum Gasteiger partial charge on any atom is -0.494 e. The van der Waals surface area contributed by atoms with Crippen LogP contribution in [-0.4, -0.2) is 41.5 Å². The molecule has 0 bridgehead atoms. The van der Waals surface area contributed by atoms with Crippen LogP contribution in [0.1, 0.15) is 37.5 Å². The van der Waals surface area contributed by atoms with E-state index in [9.17, 15) is 14.5 Å². The molecule has 198 valence electrons. The molecule has 0 atom stereocenters. The monoisotopic (exact) mass is 533 g/mol. The highest BCUT2D eigenvalue weighted by Crippen LogP contribution is 2.47. The predicted molar refractivity (Wildman–Crippen MR) is 151 cm³/mol. The van der Waals surface area contributed by atoms with E-state index in [1.165, 1.54) is 6.92 Å². The fraction of sp³-hybridized carbons (Fsp3) is 0.241. The minimum absolute atomic E-state index is 0.0469. The number of benzene rings is 3. The van der Waals surface area contributed by atoms with Gasteiger partial charge in [0.2, 0.25) is 5.91 Å². The van der Waals surface area contributed by atoms with Gasteiger partial charge in [-0.25, -0.2) is 4.99 Å². The fourth-order valence-electron chi connectivity index (χ4n) is 4.21. The Balaban J connectivity index is 1.81. The summed E-state index contributed by atoms with van der Waals surface area (Å²) in [5.41, 5.74) is 4.29. The van der Waals surface area contributed by atoms with Crippen LogP contribution in [0.4, 0.5) is 5.69 Å². The van der Waals surface area contributed by atoms with Crippen LogP contribution in [-0.2, 0) is 24.8 Å². The molecule has 8 nitrogen and oxygen atoms in total. The lowest BCUT2D eigenvalue weighted by Crippen LogP contribution is -2.22. The number of aromatic nitrogens is 1. The van der Waals surface area contributed by atoms with Crippen molar-refractivity contribution in [1.29, 1.82) is 0 Å². The number of amides is 1. The quantitative estimate of drug-likeness (QED) is 0.171. The number of carbonyl (C=O) groups is 1. The average molecular weight is 534 g/mol. The maximum atomic E-state index is 13.5. The molecule has 4 aromatic rings. The third-order valence-electron chi connectivity index (χ3n) is 5.93. The summed E-state index contributed by atoms with van der Waals surface area (Å²) in [5.74, 6) is -0.103. The molecule has 1 heterocycles. The van der Waals surface area contributed by atoms with E-state index in [4.69, 9.17) is 14.0 Å². The van der Waals surface area contributed by atoms with E-state index in [2.05, 4.69) is 10.3 Å². The van der Waals surface area contributed by atoms with E-state index < -0.39 is 7.60 Å². The zero-order valence-electron chi connectivity index (χ0n) is 21.7. The van der Waals surface area contributed by atoms with Crippen LogP contribution < -0.4 is 10.6 Å². The SMILES string of the molecule is CCOP(=O)(OCC)c1ccc2[nH]c(O)c(C(=Nc3ccc(CCNC(C)=O)cc3)c3ccccc3)c2c1. The molecule has 0 aliphatic carbocycles. The molecule has 4 rings (SSSR count). The van der Waals surface area contributed by atoms with Crippen molar-refractivity contribution in [2.45, 2.75) is 27.2 Å². The molecule has 0 unspecified atom stereocenters. The van der Waals surface area contributed by atoms with E-state index in [0.717, 1.165) is 11.1 Å². The number of rotatable bonds is 11. The third kappa shape index (κ3) is 6.22. The molecule has 0 spiro atoms. The first-order chi connectivity index (χ1) is 18.3. The van der Waals surface area contributed by atoms with E-state index >= 15 is 0 Å². The molecule has 1 aromatic heterocycles. The van der Waals surface area contributed by atoms with Gasteiger partial charge in [-0.1, -0.05) is 42.5 Å². The van der Waals surface area contributed by atoms with Gasteiger partial charge in [0.1, 0.15) is 0 Å². The third-order valence-corrected chi connectivity index (χ3v) is 8.03. The van der Waals surface area contributed by atoms with E-state index in [0.29, 0.717) is 46.1 Å². The van der Waals surface area contributed by atoms with Gasteiger partial charge in [0.25, 0.3) is 0 Å². The Morgan fingerprint density at radius 2 is 1.68 bits per heavy atom. The summed E-state index contributed by atoms with van der Waals surface area (Å²) in [7, 11) is -3.54. The summed E-state index contributed by atoms with van der Waals surface area (Å²) in [4.78, 5) is 19.1. The maximum Gasteiger partial charge on any atom is 0.361 e. The predicted octanol–water partition coefficient (Wildman–Crippen LogP) is 5.61. The van der Waals surface area contributed by atoms with Crippen molar-refractivity contribution >= 4 is 41.1 Å². The summed E-state index contributed by atoms with van der Waals surface area (Å²) in [6, 6.07) is 22.5. The summed E-state index contributed by atoms with van der Waals surface area (Å²) in [5, 5.41) is 14.9. The van der Waals surface area contributed by atoms with E-state index in [1.54, 1.807) is 32.0 Å². The number of carbonyl (C=O) groups excluding carboxylic acids is 1. The highest BCUT2D eigenvalue weighted by molar-refractivity contribution is 7.62. The first-order valence-electron chi connectivity index (χ1n) is 12.6. The standard InChI is InChI=1S/C29H32N3O5P/c1-4-36-38(35,37-5-2)24-15-16-26-25(19-24)27(29(34)32-26)28(22-9-7-6-8-10-22)31-23-13-11-21(12-14-23)17-18-30-20(3)33/h6-16,19,32,34H,4-5,17-18H2,1-3H3,(H,30,33). The molecule has 0 saturated carbocycles. The van der Waals surface area contributed by atoms with Gasteiger partial charge in [0.15, 0.2) is 5.88 Å². The Morgan fingerprint density at radius 1 is 1.00 bits per heavy atom. The summed E-state index contributed by atoms with van der Waals surface area (Å²) < 4.78 is 24.6. The summed E-state index contributed by atoms with van der Waals surface area (Å²) >= 11 is 0. The number of nitrogens with one attached hydrogen (secondary N) is 2. The van der Waals surface area contributed by atoms with Gasteiger partial charge in [0, 0.05) is 29.9 Å². The molecule has 9 heteroatoms. The molecule has 0 fully saturated rings. The topological polar surface area (TPSA) is 113 Å². The van der Waals surface area contributed by atoms with Gasteiger partial charge in [-0.2, -0.15) is 0 Å². The van der Waals surface area contributed by atoms with Gasteiger partial charge in [-0.3, -0.25) is 9.36 Å². The molecule has 0 saturated heterocycles. The van der Waals surface area contributed by atoms with Gasteiger partial charge < -0.3 is 24.5 Å². The van der Waals surface area contributed by atoms with Gasteiger partial charge in [0.05, 0.1) is 35.5 Å². The van der Waals surface area contributed by atoms with Crippen LogP contribution in [0.5, 0.6) is 5.88 Å². The van der Waals surface area contributed by atoms with Crippen LogP contribution in [0.3, 0.4) is 0 Å². The smallest absolute Gasteiger partial charge is 0.361 e. The Hall–Kier alpha value is -3.71. The van der Waals surface area contributed by atoms with Crippen molar-refractivity contribution in [2.75, 3.05) is 19.8 Å². The van der Waals surface area contributed by atoms with Crippen molar-refractivity contribution in [1.82, 2.24) is 10.3 Å². The molecule has 0 aliphatic rings. The van der Waals surface area contributed by atoms with Crippen molar-refractivity contribution in [3.63, 3.8) is 0 Å². The summed E-state index contributed by atoms with van der Waals surface area (Å²) in [6.45, 7) is 6.06. The minimum atomic E-state index is -3.54. The maximum absolute atomic E-state index is 13.5. The van der Waals surface area contributed by atoms with Crippen molar-refractivity contribution in [3.05, 3.63) is 89.5 Å². The van der Waals surface area contributed by atoms with Gasteiger partial charge in [-0.15, -0.1) is 0 Å². The van der Waals surface area contributed by atoms with Crippen LogP contribution in [0, 0.1) is 0 Å². The van der Waals surface area contributed by atoms with Crippen molar-refractivity contribution in [2.24, 2.45) is 4.99 Å². The van der Waals surface area contributed by atoms with Gasteiger partial charge in [-0.05, 0) is 56.2 Å². The molecule has 3 aromatic carbocycles. The molecular formula is C29H32N3O5P. The molecule has 38 heavy (non-hydrogen) atoms. The van der Waals surface area contributed by atoms with Crippen LogP contribution >= 0.6 is 7.60 Å². The number of aromatic hydroxyl groups is 1. The zero-order valence-corrected chi connectivity index (χ0v) is 22.6. The van der Waals surface area contributed by atoms with E-state index in [-0.39, 0.29) is 25.0 Å². The van der Waals surface area contributed by atoms with Crippen molar-refractivity contribution < 1.29 is 23.5 Å².